The fourth-order valence-corrected chi connectivity index (χ4v) is 3.95. The van der Waals surface area contributed by atoms with Gasteiger partial charge in [0.2, 0.25) is 5.91 Å². The van der Waals surface area contributed by atoms with Crippen LogP contribution in [0.5, 0.6) is 0 Å². The summed E-state index contributed by atoms with van der Waals surface area (Å²) in [5, 5.41) is 6.79. The maximum absolute atomic E-state index is 11.9. The van der Waals surface area contributed by atoms with Crippen LogP contribution in [0, 0.1) is 0 Å². The third-order valence-electron chi connectivity index (χ3n) is 5.87. The quantitative estimate of drug-likeness (QED) is 0.367. The molecule has 2 aliphatic rings. The molecule has 0 spiro atoms. The number of likely N-dealkylation sites (N-methyl/N-ethyl adjacent to an activating group) is 1. The van der Waals surface area contributed by atoms with Crippen molar-refractivity contribution in [1.82, 2.24) is 20.4 Å². The summed E-state index contributed by atoms with van der Waals surface area (Å²) in [5.41, 5.74) is 2.15. The fourth-order valence-electron chi connectivity index (χ4n) is 3.95. The molecule has 0 unspecified atom stereocenters. The Morgan fingerprint density at radius 2 is 1.80 bits per heavy atom. The highest BCUT2D eigenvalue weighted by Gasteiger charge is 2.21. The van der Waals surface area contributed by atoms with Gasteiger partial charge in [-0.25, -0.2) is 4.99 Å². The largest absolute Gasteiger partial charge is 0.357 e. The van der Waals surface area contributed by atoms with Crippen molar-refractivity contribution < 1.29 is 4.79 Å². The van der Waals surface area contributed by atoms with Crippen molar-refractivity contribution in [2.75, 3.05) is 64.3 Å². The van der Waals surface area contributed by atoms with Crippen molar-refractivity contribution in [3.05, 3.63) is 29.8 Å². The van der Waals surface area contributed by atoms with Gasteiger partial charge in [0, 0.05) is 57.9 Å². The highest BCUT2D eigenvalue weighted by Crippen LogP contribution is 2.21. The monoisotopic (exact) mass is 414 g/mol. The van der Waals surface area contributed by atoms with Gasteiger partial charge in [0.1, 0.15) is 0 Å². The SMILES string of the molecule is CCNC(=NCc1ccc(N2CCCC2=O)cc1)NCCCCN1CCN(C)CC1. The number of carbonyl (C=O) groups excluding carboxylic acids is 1. The zero-order chi connectivity index (χ0) is 21.2. The molecule has 1 aromatic rings. The van der Waals surface area contributed by atoms with Crippen LogP contribution < -0.4 is 15.5 Å². The summed E-state index contributed by atoms with van der Waals surface area (Å²) >= 11 is 0. The van der Waals surface area contributed by atoms with E-state index in [1.807, 2.05) is 17.0 Å². The average Bonchev–Trinajstić information content (AvgIpc) is 3.19. The molecule has 2 saturated heterocycles. The number of hydrogen-bond acceptors (Lipinski definition) is 4. The van der Waals surface area contributed by atoms with Gasteiger partial charge in [-0.3, -0.25) is 4.79 Å². The second-order valence-electron chi connectivity index (χ2n) is 8.29. The summed E-state index contributed by atoms with van der Waals surface area (Å²) in [6.45, 7) is 11.3. The number of carbonyl (C=O) groups is 1. The minimum atomic E-state index is 0.229. The standard InChI is InChI=1S/C23H38N6O/c1-3-24-23(25-12-4-5-13-28-17-15-27(2)16-18-28)26-19-20-8-10-21(11-9-20)29-14-6-7-22(29)30/h8-11H,3-7,12-19H2,1-2H3,(H2,24,25,26). The minimum absolute atomic E-state index is 0.229. The lowest BCUT2D eigenvalue weighted by Crippen LogP contribution is -2.44. The van der Waals surface area contributed by atoms with Crippen LogP contribution in [-0.2, 0) is 11.3 Å². The van der Waals surface area contributed by atoms with Gasteiger partial charge in [0.15, 0.2) is 5.96 Å². The predicted octanol–water partition coefficient (Wildman–Crippen LogP) is 1.90. The topological polar surface area (TPSA) is 63.2 Å². The summed E-state index contributed by atoms with van der Waals surface area (Å²) in [4.78, 5) is 23.4. The highest BCUT2D eigenvalue weighted by atomic mass is 16.2. The van der Waals surface area contributed by atoms with Gasteiger partial charge in [-0.05, 0) is 57.5 Å². The summed E-state index contributed by atoms with van der Waals surface area (Å²) in [7, 11) is 2.20. The van der Waals surface area contributed by atoms with Crippen LogP contribution in [0.4, 0.5) is 5.69 Å². The molecule has 0 radical (unpaired) electrons. The van der Waals surface area contributed by atoms with Gasteiger partial charge in [-0.2, -0.15) is 0 Å². The Hall–Kier alpha value is -2.12. The third kappa shape index (κ3) is 6.99. The molecule has 166 valence electrons. The molecule has 3 rings (SSSR count). The molecule has 0 aliphatic carbocycles. The van der Waals surface area contributed by atoms with Crippen LogP contribution in [0.15, 0.2) is 29.3 Å². The van der Waals surface area contributed by atoms with Gasteiger partial charge in [0.05, 0.1) is 6.54 Å². The van der Waals surface area contributed by atoms with E-state index < -0.39 is 0 Å². The third-order valence-corrected chi connectivity index (χ3v) is 5.87. The molecular formula is C23H38N6O. The minimum Gasteiger partial charge on any atom is -0.357 e. The molecule has 2 N–H and O–H groups in total. The zero-order valence-corrected chi connectivity index (χ0v) is 18.7. The number of unbranched alkanes of at least 4 members (excludes halogenated alkanes) is 1. The van der Waals surface area contributed by atoms with E-state index in [-0.39, 0.29) is 5.91 Å². The molecular weight excluding hydrogens is 376 g/mol. The van der Waals surface area contributed by atoms with Crippen LogP contribution in [0.2, 0.25) is 0 Å². The molecule has 2 aliphatic heterocycles. The molecule has 7 nitrogen and oxygen atoms in total. The van der Waals surface area contributed by atoms with Crippen molar-refractivity contribution in [1.29, 1.82) is 0 Å². The van der Waals surface area contributed by atoms with Crippen molar-refractivity contribution in [2.24, 2.45) is 4.99 Å². The molecule has 2 heterocycles. The van der Waals surface area contributed by atoms with E-state index in [0.29, 0.717) is 13.0 Å². The molecule has 0 bridgehead atoms. The summed E-state index contributed by atoms with van der Waals surface area (Å²) < 4.78 is 0. The molecule has 1 aromatic carbocycles. The first kappa shape index (κ1) is 22.6. The molecule has 0 saturated carbocycles. The second-order valence-corrected chi connectivity index (χ2v) is 8.29. The number of nitrogens with one attached hydrogen (secondary N) is 2. The second kappa shape index (κ2) is 11.9. The van der Waals surface area contributed by atoms with E-state index >= 15 is 0 Å². The van der Waals surface area contributed by atoms with Crippen LogP contribution in [0.3, 0.4) is 0 Å². The molecule has 1 amide bonds. The number of benzene rings is 1. The van der Waals surface area contributed by atoms with Crippen LogP contribution in [0.25, 0.3) is 0 Å². The Kier molecular flexibility index (Phi) is 8.96. The summed E-state index contributed by atoms with van der Waals surface area (Å²) in [6.07, 6.45) is 3.99. The predicted molar refractivity (Wildman–Crippen MR) is 124 cm³/mol. The number of hydrogen-bond donors (Lipinski definition) is 2. The maximum Gasteiger partial charge on any atom is 0.227 e. The smallest absolute Gasteiger partial charge is 0.227 e. The van der Waals surface area contributed by atoms with Gasteiger partial charge in [0.25, 0.3) is 0 Å². The van der Waals surface area contributed by atoms with Crippen molar-refractivity contribution >= 4 is 17.6 Å². The van der Waals surface area contributed by atoms with E-state index in [1.165, 1.54) is 39.1 Å². The van der Waals surface area contributed by atoms with E-state index in [9.17, 15) is 4.79 Å². The first-order valence-corrected chi connectivity index (χ1v) is 11.5. The van der Waals surface area contributed by atoms with Crippen LogP contribution in [-0.4, -0.2) is 81.1 Å². The van der Waals surface area contributed by atoms with Crippen LogP contribution >= 0.6 is 0 Å². The number of aliphatic imine (C=N–C) groups is 1. The van der Waals surface area contributed by atoms with E-state index in [2.05, 4.69) is 46.5 Å². The summed E-state index contributed by atoms with van der Waals surface area (Å²) in [5.74, 6) is 1.10. The first-order chi connectivity index (χ1) is 14.7. The van der Waals surface area contributed by atoms with Gasteiger partial charge >= 0.3 is 0 Å². The van der Waals surface area contributed by atoms with Gasteiger partial charge in [-0.1, -0.05) is 12.1 Å². The average molecular weight is 415 g/mol. The molecule has 30 heavy (non-hydrogen) atoms. The lowest BCUT2D eigenvalue weighted by molar-refractivity contribution is -0.117. The van der Waals surface area contributed by atoms with Crippen molar-refractivity contribution in [3.63, 3.8) is 0 Å². The number of nitrogens with zero attached hydrogens (tertiary/aromatic N) is 4. The Morgan fingerprint density at radius 1 is 1.03 bits per heavy atom. The Morgan fingerprint density at radius 3 is 2.47 bits per heavy atom. The van der Waals surface area contributed by atoms with Gasteiger partial charge in [-0.15, -0.1) is 0 Å². The molecule has 0 aromatic heterocycles. The lowest BCUT2D eigenvalue weighted by atomic mass is 10.2. The zero-order valence-electron chi connectivity index (χ0n) is 18.7. The van der Waals surface area contributed by atoms with Gasteiger partial charge < -0.3 is 25.3 Å². The Labute approximate surface area is 181 Å². The molecule has 0 atom stereocenters. The van der Waals surface area contributed by atoms with Crippen molar-refractivity contribution in [3.8, 4) is 0 Å². The first-order valence-electron chi connectivity index (χ1n) is 11.5. The molecule has 2 fully saturated rings. The van der Waals surface area contributed by atoms with Crippen LogP contribution in [0.1, 0.15) is 38.2 Å². The van der Waals surface area contributed by atoms with E-state index in [1.54, 1.807) is 0 Å². The normalized spacial score (nSPS) is 18.8. The number of guanidine groups is 1. The summed E-state index contributed by atoms with van der Waals surface area (Å²) in [6, 6.07) is 8.22. The number of amides is 1. The lowest BCUT2D eigenvalue weighted by Gasteiger charge is -2.32. The number of piperazine rings is 1. The Bertz CT molecular complexity index is 681. The highest BCUT2D eigenvalue weighted by molar-refractivity contribution is 5.95. The molecule has 7 heteroatoms. The van der Waals surface area contributed by atoms with E-state index in [4.69, 9.17) is 4.99 Å². The number of rotatable bonds is 9. The Balaban J connectivity index is 1.39. The van der Waals surface area contributed by atoms with Crippen molar-refractivity contribution in [2.45, 2.75) is 39.2 Å². The number of anilines is 1. The fraction of sp³-hybridized carbons (Fsp3) is 0.652. The van der Waals surface area contributed by atoms with E-state index in [0.717, 1.165) is 49.7 Å². The maximum atomic E-state index is 11.9.